The van der Waals surface area contributed by atoms with Crippen molar-refractivity contribution in [1.29, 1.82) is 0 Å². The average Bonchev–Trinajstić information content (AvgIpc) is 2.62. The monoisotopic (exact) mass is 288 g/mol. The molecule has 2 rings (SSSR count). The molecule has 0 bridgehead atoms. The third-order valence-electron chi connectivity index (χ3n) is 2.00. The number of thioether (sulfide) groups is 1. The molecule has 2 aromatic rings. The van der Waals surface area contributed by atoms with Crippen molar-refractivity contribution >= 4 is 49.1 Å². The zero-order valence-electron chi connectivity index (χ0n) is 7.83. The number of methoxy groups -OCH3 is 1. The maximum Gasteiger partial charge on any atom is 0.174 e. The smallest absolute Gasteiger partial charge is 0.174 e. The van der Waals surface area contributed by atoms with E-state index in [9.17, 15) is 0 Å². The lowest BCUT2D eigenvalue weighted by Gasteiger charge is -2.00. The fourth-order valence-corrected chi connectivity index (χ4v) is 3.75. The minimum Gasteiger partial charge on any atom is -0.487 e. The number of benzene rings is 1. The van der Waals surface area contributed by atoms with E-state index in [2.05, 4.69) is 40.4 Å². The molecule has 0 saturated heterocycles. The van der Waals surface area contributed by atoms with Crippen LogP contribution in [0.3, 0.4) is 0 Å². The fraction of sp³-hybridized carbons (Fsp3) is 0.200. The Morgan fingerprint density at radius 2 is 2.21 bits per heavy atom. The van der Waals surface area contributed by atoms with Gasteiger partial charge in [-0.1, -0.05) is 11.3 Å². The lowest BCUT2D eigenvalue weighted by molar-refractivity contribution is 0.427. The number of thiophene rings is 1. The number of rotatable bonds is 2. The third kappa shape index (κ3) is 1.66. The molecule has 74 valence electrons. The van der Waals surface area contributed by atoms with Crippen LogP contribution in [0.2, 0.25) is 0 Å². The Kier molecular flexibility index (Phi) is 3.04. The molecule has 1 nitrogen and oxygen atoms in total. The van der Waals surface area contributed by atoms with Crippen LogP contribution < -0.4 is 4.74 Å². The Labute approximate surface area is 99.6 Å². The predicted octanol–water partition coefficient (Wildman–Crippen LogP) is 4.39. The summed E-state index contributed by atoms with van der Waals surface area (Å²) in [5, 5.41) is 2.19. The van der Waals surface area contributed by atoms with E-state index in [4.69, 9.17) is 4.74 Å². The molecule has 0 saturated carbocycles. The highest BCUT2D eigenvalue weighted by Crippen LogP contribution is 2.39. The highest BCUT2D eigenvalue weighted by Gasteiger charge is 2.08. The van der Waals surface area contributed by atoms with E-state index in [0.717, 1.165) is 5.06 Å². The van der Waals surface area contributed by atoms with Crippen LogP contribution >= 0.6 is 39.0 Å². The summed E-state index contributed by atoms with van der Waals surface area (Å²) in [6.45, 7) is 0. The van der Waals surface area contributed by atoms with E-state index in [1.807, 2.05) is 0 Å². The molecule has 1 aromatic heterocycles. The topological polar surface area (TPSA) is 9.23 Å². The first-order valence-corrected chi connectivity index (χ1v) is 6.89. The Bertz CT molecular complexity index is 464. The molecule has 0 unspecified atom stereocenters. The van der Waals surface area contributed by atoms with Crippen molar-refractivity contribution < 1.29 is 4.74 Å². The van der Waals surface area contributed by atoms with Crippen LogP contribution in [0.25, 0.3) is 10.1 Å². The van der Waals surface area contributed by atoms with Crippen molar-refractivity contribution in [3.05, 3.63) is 22.7 Å². The standard InChI is InChI=1S/C10H9BrOS2/c1-12-9-5-6-7(14-9)3-4-8(13-2)10(6)11/h3-5H,1-2H3. The first-order chi connectivity index (χ1) is 6.76. The summed E-state index contributed by atoms with van der Waals surface area (Å²) >= 11 is 7.03. The second kappa shape index (κ2) is 4.13. The second-order valence-corrected chi connectivity index (χ2v) is 5.45. The van der Waals surface area contributed by atoms with Crippen LogP contribution in [-0.4, -0.2) is 13.4 Å². The molecule has 0 N–H and O–H groups in total. The quantitative estimate of drug-likeness (QED) is 0.758. The second-order valence-electron chi connectivity index (χ2n) is 2.76. The first-order valence-electron chi connectivity index (χ1n) is 4.06. The summed E-state index contributed by atoms with van der Waals surface area (Å²) < 4.78 is 7.64. The molecule has 0 atom stereocenters. The lowest BCUT2D eigenvalue weighted by Crippen LogP contribution is -1.74. The van der Waals surface area contributed by atoms with Crippen LogP contribution in [0, 0.1) is 0 Å². The maximum absolute atomic E-state index is 5.22. The van der Waals surface area contributed by atoms with Crippen molar-refractivity contribution in [1.82, 2.24) is 0 Å². The van der Waals surface area contributed by atoms with Crippen LogP contribution in [0.1, 0.15) is 0 Å². The van der Waals surface area contributed by atoms with Gasteiger partial charge >= 0.3 is 0 Å². The highest BCUT2D eigenvalue weighted by molar-refractivity contribution is 9.10. The molecular formula is C10H9BrOS2. The Morgan fingerprint density at radius 3 is 2.86 bits per heavy atom. The van der Waals surface area contributed by atoms with Crippen LogP contribution in [0.4, 0.5) is 0 Å². The van der Waals surface area contributed by atoms with Crippen molar-refractivity contribution in [3.63, 3.8) is 0 Å². The molecule has 0 fully saturated rings. The number of fused-ring (bicyclic) bond motifs is 1. The van der Waals surface area contributed by atoms with Gasteiger partial charge in [-0.25, -0.2) is 0 Å². The number of hydrogen-bond donors (Lipinski definition) is 0. The molecule has 0 aliphatic heterocycles. The summed E-state index contributed by atoms with van der Waals surface area (Å²) in [5.41, 5.74) is 0. The van der Waals surface area contributed by atoms with Gasteiger partial charge in [0.25, 0.3) is 0 Å². The van der Waals surface area contributed by atoms with Gasteiger partial charge in [-0.05, 0) is 34.3 Å². The molecular weight excluding hydrogens is 280 g/mol. The zero-order valence-corrected chi connectivity index (χ0v) is 11.1. The third-order valence-corrected chi connectivity index (χ3v) is 4.96. The Morgan fingerprint density at radius 1 is 1.43 bits per heavy atom. The molecule has 1 heterocycles. The molecule has 0 aliphatic rings. The maximum atomic E-state index is 5.22. The van der Waals surface area contributed by atoms with Gasteiger partial charge in [-0.15, -0.1) is 11.8 Å². The SMILES string of the molecule is COc1cc2c(Br)c(SC)ccc2s1. The van der Waals surface area contributed by atoms with E-state index >= 15 is 0 Å². The van der Waals surface area contributed by atoms with Gasteiger partial charge < -0.3 is 4.74 Å². The van der Waals surface area contributed by atoms with E-state index in [-0.39, 0.29) is 0 Å². The highest BCUT2D eigenvalue weighted by atomic mass is 79.9. The summed E-state index contributed by atoms with van der Waals surface area (Å²) in [6.07, 6.45) is 2.08. The molecule has 4 heteroatoms. The molecule has 0 amide bonds. The minimum absolute atomic E-state index is 0.957. The van der Waals surface area contributed by atoms with Crippen LogP contribution in [-0.2, 0) is 0 Å². The van der Waals surface area contributed by atoms with Gasteiger partial charge in [0.1, 0.15) is 0 Å². The minimum atomic E-state index is 0.957. The number of hydrogen-bond acceptors (Lipinski definition) is 3. The van der Waals surface area contributed by atoms with Gasteiger partial charge in [-0.3, -0.25) is 0 Å². The summed E-state index contributed by atoms with van der Waals surface area (Å²) in [4.78, 5) is 1.26. The van der Waals surface area contributed by atoms with Gasteiger partial charge in [0.2, 0.25) is 0 Å². The van der Waals surface area contributed by atoms with Crippen molar-refractivity contribution in [2.24, 2.45) is 0 Å². The normalized spacial score (nSPS) is 10.8. The van der Waals surface area contributed by atoms with E-state index in [1.54, 1.807) is 30.2 Å². The van der Waals surface area contributed by atoms with Crippen molar-refractivity contribution in [2.45, 2.75) is 4.90 Å². The number of halogens is 1. The molecule has 14 heavy (non-hydrogen) atoms. The van der Waals surface area contributed by atoms with Gasteiger partial charge in [0, 0.05) is 25.5 Å². The Balaban J connectivity index is 2.68. The molecule has 0 spiro atoms. The summed E-state index contributed by atoms with van der Waals surface area (Å²) in [6, 6.07) is 6.34. The van der Waals surface area contributed by atoms with E-state index < -0.39 is 0 Å². The molecule has 0 aliphatic carbocycles. The van der Waals surface area contributed by atoms with Crippen molar-refractivity contribution in [3.8, 4) is 5.06 Å². The largest absolute Gasteiger partial charge is 0.487 e. The molecule has 0 radical (unpaired) electrons. The van der Waals surface area contributed by atoms with E-state index in [1.165, 1.54) is 19.5 Å². The summed E-state index contributed by atoms with van der Waals surface area (Å²) in [5.74, 6) is 0. The number of ether oxygens (including phenoxy) is 1. The lowest BCUT2D eigenvalue weighted by atomic mass is 10.3. The average molecular weight is 289 g/mol. The van der Waals surface area contributed by atoms with Crippen molar-refractivity contribution in [2.75, 3.05) is 13.4 Å². The zero-order chi connectivity index (χ0) is 10.1. The van der Waals surface area contributed by atoms with Gasteiger partial charge in [0.05, 0.1) is 7.11 Å². The van der Waals surface area contributed by atoms with Gasteiger partial charge in [0.15, 0.2) is 5.06 Å². The fourth-order valence-electron chi connectivity index (χ4n) is 1.29. The van der Waals surface area contributed by atoms with Crippen LogP contribution in [0.5, 0.6) is 5.06 Å². The van der Waals surface area contributed by atoms with Gasteiger partial charge in [-0.2, -0.15) is 0 Å². The van der Waals surface area contributed by atoms with E-state index in [0.29, 0.717) is 0 Å². The van der Waals surface area contributed by atoms with Crippen LogP contribution in [0.15, 0.2) is 27.6 Å². The molecule has 1 aromatic carbocycles. The predicted molar refractivity (Wildman–Crippen MR) is 67.9 cm³/mol. The first kappa shape index (κ1) is 10.3. The summed E-state index contributed by atoms with van der Waals surface area (Å²) in [7, 11) is 1.70. The Hall–Kier alpha value is -0.190.